The molecule has 0 fully saturated rings. The van der Waals surface area contributed by atoms with Gasteiger partial charge in [0.05, 0.1) is 0 Å². The molecule has 1 amide bonds. The molecule has 0 heterocycles. The van der Waals surface area contributed by atoms with Gasteiger partial charge in [0.15, 0.2) is 5.75 Å². The molecule has 3 aromatic rings. The highest BCUT2D eigenvalue weighted by molar-refractivity contribution is 7.85. The zero-order valence-corrected chi connectivity index (χ0v) is 20.3. The summed E-state index contributed by atoms with van der Waals surface area (Å²) in [5.74, 6) is -0.488. The smallest absolute Gasteiger partial charge is 0.366 e. The van der Waals surface area contributed by atoms with Gasteiger partial charge in [-0.2, -0.15) is 8.42 Å². The first-order valence-electron chi connectivity index (χ1n) is 11.2. The number of benzene rings is 3. The van der Waals surface area contributed by atoms with E-state index in [4.69, 9.17) is 4.18 Å². The Bertz CT molecular complexity index is 1110. The maximum atomic E-state index is 12.9. The molecule has 0 atom stereocenters. The fourth-order valence-electron chi connectivity index (χ4n) is 3.87. The van der Waals surface area contributed by atoms with Crippen LogP contribution in [0, 0.1) is 0 Å². The Labute approximate surface area is 197 Å². The summed E-state index contributed by atoms with van der Waals surface area (Å²) in [6.07, 6.45) is -0.0283. The number of hydrogen-bond donors (Lipinski definition) is 1. The van der Waals surface area contributed by atoms with Crippen molar-refractivity contribution in [2.75, 3.05) is 0 Å². The van der Waals surface area contributed by atoms with Gasteiger partial charge in [0, 0.05) is 12.3 Å². The fraction of sp³-hybridized carbons (Fsp3) is 0.296. The van der Waals surface area contributed by atoms with Crippen LogP contribution in [0.4, 0.5) is 0 Å². The van der Waals surface area contributed by atoms with Crippen molar-refractivity contribution < 1.29 is 17.4 Å². The van der Waals surface area contributed by atoms with E-state index in [2.05, 4.69) is 4.72 Å². The minimum Gasteiger partial charge on any atom is -0.366 e. The van der Waals surface area contributed by atoms with Gasteiger partial charge < -0.3 is 4.18 Å². The van der Waals surface area contributed by atoms with Crippen LogP contribution in [0.25, 0.3) is 0 Å². The summed E-state index contributed by atoms with van der Waals surface area (Å²) in [4.78, 5) is 12.9. The molecule has 0 saturated heterocycles. The predicted molar refractivity (Wildman–Crippen MR) is 132 cm³/mol. The van der Waals surface area contributed by atoms with E-state index in [1.807, 2.05) is 107 Å². The quantitative estimate of drug-likeness (QED) is 0.427. The first kappa shape index (κ1) is 24.5. The van der Waals surface area contributed by atoms with E-state index in [1.165, 1.54) is 0 Å². The van der Waals surface area contributed by atoms with Crippen LogP contribution in [0.2, 0.25) is 0 Å². The van der Waals surface area contributed by atoms with Crippen LogP contribution in [0.5, 0.6) is 5.75 Å². The summed E-state index contributed by atoms with van der Waals surface area (Å²) in [6, 6.07) is 24.8. The van der Waals surface area contributed by atoms with Gasteiger partial charge >= 0.3 is 10.3 Å². The highest BCUT2D eigenvalue weighted by atomic mass is 32.2. The van der Waals surface area contributed by atoms with Crippen LogP contribution >= 0.6 is 0 Å². The molecule has 3 aromatic carbocycles. The number of para-hydroxylation sites is 1. The molecule has 0 aromatic heterocycles. The number of amides is 1. The molecular weight excluding hydrogens is 434 g/mol. The van der Waals surface area contributed by atoms with Crippen LogP contribution in [-0.4, -0.2) is 14.3 Å². The highest BCUT2D eigenvalue weighted by Gasteiger charge is 2.25. The second kappa shape index (κ2) is 10.7. The lowest BCUT2D eigenvalue weighted by molar-refractivity contribution is -0.119. The van der Waals surface area contributed by atoms with Crippen LogP contribution in [0.1, 0.15) is 74.1 Å². The molecule has 1 N–H and O–H groups in total. The monoisotopic (exact) mass is 465 g/mol. The third kappa shape index (κ3) is 6.45. The molecule has 5 nitrogen and oxygen atoms in total. The molecule has 6 heteroatoms. The predicted octanol–water partition coefficient (Wildman–Crippen LogP) is 5.90. The lowest BCUT2D eigenvalue weighted by Crippen LogP contribution is -2.35. The van der Waals surface area contributed by atoms with Crippen molar-refractivity contribution in [3.05, 3.63) is 101 Å². The van der Waals surface area contributed by atoms with Gasteiger partial charge in [-0.25, -0.2) is 4.72 Å². The summed E-state index contributed by atoms with van der Waals surface area (Å²) in [5.41, 5.74) is 3.43. The Morgan fingerprint density at radius 3 is 1.64 bits per heavy atom. The second-order valence-corrected chi connectivity index (χ2v) is 9.99. The van der Waals surface area contributed by atoms with Gasteiger partial charge in [-0.05, 0) is 34.1 Å². The molecular formula is C27H31NO4S. The van der Waals surface area contributed by atoms with E-state index in [1.54, 1.807) is 0 Å². The van der Waals surface area contributed by atoms with Crippen LogP contribution < -0.4 is 8.91 Å². The SMILES string of the molecule is CC(C)c1cccc(C(C)C)c1OS(=O)(=O)NC(=O)CC(c1ccccc1)c1ccccc1. The van der Waals surface area contributed by atoms with E-state index in [-0.39, 0.29) is 24.2 Å². The molecule has 174 valence electrons. The third-order valence-electron chi connectivity index (χ3n) is 5.55. The molecule has 0 radical (unpaired) electrons. The fourth-order valence-corrected chi connectivity index (χ4v) is 4.69. The standard InChI is InChI=1S/C27H31NO4S/c1-19(2)23-16-11-17-24(20(3)4)27(23)32-33(30,31)28-26(29)18-25(21-12-7-5-8-13-21)22-14-9-6-10-15-22/h5-17,19-20,25H,18H2,1-4H3,(H,28,29). The molecule has 0 unspecified atom stereocenters. The van der Waals surface area contributed by atoms with Gasteiger partial charge in [0.1, 0.15) is 0 Å². The largest absolute Gasteiger partial charge is 0.409 e. The number of carbonyl (C=O) groups is 1. The Hall–Kier alpha value is -3.12. The molecule has 0 aliphatic carbocycles. The maximum absolute atomic E-state index is 12.9. The molecule has 3 rings (SSSR count). The second-order valence-electron chi connectivity index (χ2n) is 8.72. The van der Waals surface area contributed by atoms with Gasteiger partial charge in [-0.15, -0.1) is 0 Å². The molecule has 33 heavy (non-hydrogen) atoms. The number of hydrogen-bond acceptors (Lipinski definition) is 4. The topological polar surface area (TPSA) is 72.5 Å². The van der Waals surface area contributed by atoms with E-state index in [0.717, 1.165) is 22.3 Å². The van der Waals surface area contributed by atoms with Crippen molar-refractivity contribution in [1.82, 2.24) is 4.72 Å². The molecule has 0 aliphatic heterocycles. The van der Waals surface area contributed by atoms with Crippen LogP contribution in [0.15, 0.2) is 78.9 Å². The van der Waals surface area contributed by atoms with Crippen LogP contribution in [-0.2, 0) is 15.1 Å². The van der Waals surface area contributed by atoms with Gasteiger partial charge in [-0.1, -0.05) is 107 Å². The zero-order chi connectivity index (χ0) is 24.0. The Morgan fingerprint density at radius 1 is 0.758 bits per heavy atom. The maximum Gasteiger partial charge on any atom is 0.409 e. The third-order valence-corrected chi connectivity index (χ3v) is 6.41. The van der Waals surface area contributed by atoms with Crippen LogP contribution in [0.3, 0.4) is 0 Å². The van der Waals surface area contributed by atoms with Gasteiger partial charge in [-0.3, -0.25) is 4.79 Å². The number of rotatable bonds is 9. The lowest BCUT2D eigenvalue weighted by atomic mass is 9.88. The van der Waals surface area contributed by atoms with E-state index in [9.17, 15) is 13.2 Å². The molecule has 0 aliphatic rings. The Balaban J connectivity index is 1.84. The minimum atomic E-state index is -4.36. The first-order chi connectivity index (χ1) is 15.7. The summed E-state index contributed by atoms with van der Waals surface area (Å²) in [5, 5.41) is 0. The highest BCUT2D eigenvalue weighted by Crippen LogP contribution is 2.35. The van der Waals surface area contributed by atoms with Gasteiger partial charge in [0.25, 0.3) is 0 Å². The summed E-state index contributed by atoms with van der Waals surface area (Å²) < 4.78 is 33.3. The average molecular weight is 466 g/mol. The summed E-state index contributed by atoms with van der Waals surface area (Å²) in [7, 11) is -4.36. The van der Waals surface area contributed by atoms with E-state index < -0.39 is 16.2 Å². The molecule has 0 spiro atoms. The zero-order valence-electron chi connectivity index (χ0n) is 19.5. The Morgan fingerprint density at radius 2 is 1.21 bits per heavy atom. The number of nitrogens with one attached hydrogen (secondary N) is 1. The van der Waals surface area contributed by atoms with Crippen molar-refractivity contribution in [2.45, 2.75) is 51.9 Å². The number of carbonyl (C=O) groups excluding carboxylic acids is 1. The van der Waals surface area contributed by atoms with Crippen molar-refractivity contribution >= 4 is 16.2 Å². The Kier molecular flexibility index (Phi) is 7.92. The summed E-state index contributed by atoms with van der Waals surface area (Å²) in [6.45, 7) is 7.90. The van der Waals surface area contributed by atoms with Gasteiger partial charge in [0.2, 0.25) is 5.91 Å². The van der Waals surface area contributed by atoms with Crippen molar-refractivity contribution in [3.8, 4) is 5.75 Å². The van der Waals surface area contributed by atoms with Crippen molar-refractivity contribution in [3.63, 3.8) is 0 Å². The van der Waals surface area contributed by atoms with E-state index >= 15 is 0 Å². The average Bonchev–Trinajstić information content (AvgIpc) is 2.77. The minimum absolute atomic E-state index is 0.0283. The molecule has 0 bridgehead atoms. The van der Waals surface area contributed by atoms with E-state index in [0.29, 0.717) is 5.75 Å². The molecule has 0 saturated carbocycles. The van der Waals surface area contributed by atoms with Crippen molar-refractivity contribution in [2.24, 2.45) is 0 Å². The first-order valence-corrected chi connectivity index (χ1v) is 12.6. The van der Waals surface area contributed by atoms with Crippen molar-refractivity contribution in [1.29, 1.82) is 0 Å². The lowest BCUT2D eigenvalue weighted by Gasteiger charge is -2.20. The summed E-state index contributed by atoms with van der Waals surface area (Å²) >= 11 is 0. The normalized spacial score (nSPS) is 11.7.